The van der Waals surface area contributed by atoms with Crippen LogP contribution in [-0.4, -0.2) is 43.2 Å². The zero-order chi connectivity index (χ0) is 21.1. The number of ether oxygens (including phenoxy) is 1. The number of hydrogen-bond donors (Lipinski definition) is 1. The third kappa shape index (κ3) is 4.32. The van der Waals surface area contributed by atoms with Crippen LogP contribution in [0.3, 0.4) is 0 Å². The normalized spacial score (nSPS) is 15.1. The summed E-state index contributed by atoms with van der Waals surface area (Å²) < 4.78 is 10.8. The number of anilines is 2. The summed E-state index contributed by atoms with van der Waals surface area (Å²) in [5.74, 6) is 1.20. The van der Waals surface area contributed by atoms with Gasteiger partial charge in [0.1, 0.15) is 0 Å². The largest absolute Gasteiger partial charge is 0.378 e. The van der Waals surface area contributed by atoms with Crippen LogP contribution in [0.1, 0.15) is 24.4 Å². The molecule has 1 unspecified atom stereocenters. The number of rotatable bonds is 6. The number of aliphatic imine (C=N–C) groups is 1. The molecular formula is C22H24ClN5O2. The van der Waals surface area contributed by atoms with Crippen LogP contribution in [0.25, 0.3) is 11.3 Å². The Morgan fingerprint density at radius 1 is 1.20 bits per heavy atom. The first-order chi connectivity index (χ1) is 14.5. The van der Waals surface area contributed by atoms with Gasteiger partial charge in [-0.3, -0.25) is 0 Å². The van der Waals surface area contributed by atoms with Crippen molar-refractivity contribution in [3.8, 4) is 11.3 Å². The number of morpholine rings is 1. The molecule has 0 amide bonds. The first-order valence-electron chi connectivity index (χ1n) is 9.85. The van der Waals surface area contributed by atoms with Gasteiger partial charge in [-0.25, -0.2) is 9.98 Å². The van der Waals surface area contributed by atoms with E-state index < -0.39 is 0 Å². The van der Waals surface area contributed by atoms with Gasteiger partial charge in [-0.2, -0.15) is 0 Å². The molecule has 1 aliphatic rings. The molecule has 3 heterocycles. The number of hydrogen-bond acceptors (Lipinski definition) is 7. The predicted octanol–water partition coefficient (Wildman–Crippen LogP) is 5.04. The Hall–Kier alpha value is -2.90. The highest BCUT2D eigenvalue weighted by Gasteiger charge is 2.17. The molecule has 3 aromatic rings. The maximum atomic E-state index is 6.59. The van der Waals surface area contributed by atoms with Gasteiger partial charge in [0.2, 0.25) is 0 Å². The molecule has 1 saturated heterocycles. The molecule has 0 radical (unpaired) electrons. The molecule has 2 aromatic heterocycles. The molecule has 30 heavy (non-hydrogen) atoms. The number of nitrogens with one attached hydrogen (secondary N) is 1. The second-order valence-electron chi connectivity index (χ2n) is 7.23. The fourth-order valence-corrected chi connectivity index (χ4v) is 3.71. The first-order valence-corrected chi connectivity index (χ1v) is 10.2. The van der Waals surface area contributed by atoms with Crippen molar-refractivity contribution in [3.63, 3.8) is 0 Å². The third-order valence-electron chi connectivity index (χ3n) is 5.07. The fraction of sp³-hybridized carbons (Fsp3) is 0.318. The highest BCUT2D eigenvalue weighted by molar-refractivity contribution is 6.33. The maximum Gasteiger partial charge on any atom is 0.175 e. The van der Waals surface area contributed by atoms with E-state index in [4.69, 9.17) is 20.9 Å². The molecule has 0 spiro atoms. The molecule has 0 aliphatic carbocycles. The molecule has 1 fully saturated rings. The molecule has 1 N–H and O–H groups in total. The Balaban J connectivity index is 1.58. The van der Waals surface area contributed by atoms with Crippen LogP contribution in [0.5, 0.6) is 0 Å². The third-order valence-corrected chi connectivity index (χ3v) is 5.36. The summed E-state index contributed by atoms with van der Waals surface area (Å²) in [6.07, 6.45) is 0. The van der Waals surface area contributed by atoms with Crippen molar-refractivity contribution in [2.75, 3.05) is 36.5 Å². The van der Waals surface area contributed by atoms with E-state index in [2.05, 4.69) is 44.2 Å². The van der Waals surface area contributed by atoms with E-state index in [9.17, 15) is 0 Å². The Morgan fingerprint density at radius 2 is 1.93 bits per heavy atom. The first kappa shape index (κ1) is 20.4. The van der Waals surface area contributed by atoms with Crippen molar-refractivity contribution < 1.29 is 9.26 Å². The Bertz CT molecular complexity index is 1030. The number of pyridine rings is 1. The second-order valence-corrected chi connectivity index (χ2v) is 7.64. The second kappa shape index (κ2) is 8.85. The summed E-state index contributed by atoms with van der Waals surface area (Å²) in [7, 11) is 0. The van der Waals surface area contributed by atoms with Crippen LogP contribution < -0.4 is 10.2 Å². The van der Waals surface area contributed by atoms with Gasteiger partial charge < -0.3 is 19.5 Å². The van der Waals surface area contributed by atoms with E-state index in [0.717, 1.165) is 49.0 Å². The Kier molecular flexibility index (Phi) is 6.01. The predicted molar refractivity (Wildman–Crippen MR) is 120 cm³/mol. The van der Waals surface area contributed by atoms with Gasteiger partial charge in [0, 0.05) is 30.4 Å². The van der Waals surface area contributed by atoms with Gasteiger partial charge in [-0.15, -0.1) is 0 Å². The Labute approximate surface area is 180 Å². The van der Waals surface area contributed by atoms with Gasteiger partial charge in [0.15, 0.2) is 11.6 Å². The summed E-state index contributed by atoms with van der Waals surface area (Å²) in [5.41, 5.74) is 4.27. The summed E-state index contributed by atoms with van der Waals surface area (Å²) >= 11 is 6.59. The van der Waals surface area contributed by atoms with E-state index in [1.54, 1.807) is 0 Å². The highest BCUT2D eigenvalue weighted by Crippen LogP contribution is 2.36. The van der Waals surface area contributed by atoms with Crippen LogP contribution in [-0.2, 0) is 4.74 Å². The highest BCUT2D eigenvalue weighted by atomic mass is 35.5. The molecule has 1 atom stereocenters. The SMILES string of the molecule is C=Nc1nc(-c2ccc(N3CCOCC3)cc2)c(Cl)cc1NC(C)c1cc(C)no1. The van der Waals surface area contributed by atoms with Crippen molar-refractivity contribution in [2.24, 2.45) is 4.99 Å². The van der Waals surface area contributed by atoms with Crippen LogP contribution in [0.2, 0.25) is 5.02 Å². The molecular weight excluding hydrogens is 402 g/mol. The lowest BCUT2D eigenvalue weighted by molar-refractivity contribution is 0.122. The fourth-order valence-electron chi connectivity index (χ4n) is 3.45. The van der Waals surface area contributed by atoms with Crippen molar-refractivity contribution >= 4 is 35.5 Å². The van der Waals surface area contributed by atoms with Crippen LogP contribution in [0, 0.1) is 6.92 Å². The minimum atomic E-state index is -0.122. The number of benzene rings is 1. The molecule has 8 heteroatoms. The number of halogens is 1. The average Bonchev–Trinajstić information content (AvgIpc) is 3.21. The van der Waals surface area contributed by atoms with Crippen LogP contribution in [0.4, 0.5) is 17.2 Å². The standard InChI is InChI=1S/C22H24ClN5O2/c1-14-12-20(30-27-14)15(2)25-19-13-18(23)21(26-22(19)24-3)16-4-6-17(7-5-16)28-8-10-29-11-9-28/h4-7,12-13,15,25H,3,8-11H2,1-2H3. The van der Waals surface area contributed by atoms with Crippen molar-refractivity contribution in [1.82, 2.24) is 10.1 Å². The number of aromatic nitrogens is 2. The average molecular weight is 426 g/mol. The molecule has 1 aromatic carbocycles. The summed E-state index contributed by atoms with van der Waals surface area (Å²) in [4.78, 5) is 11.0. The molecule has 0 saturated carbocycles. The smallest absolute Gasteiger partial charge is 0.175 e. The van der Waals surface area contributed by atoms with E-state index in [1.165, 1.54) is 0 Å². The summed E-state index contributed by atoms with van der Waals surface area (Å²) in [6, 6.07) is 11.8. The van der Waals surface area contributed by atoms with Gasteiger partial charge in [0.25, 0.3) is 0 Å². The Morgan fingerprint density at radius 3 is 2.57 bits per heavy atom. The van der Waals surface area contributed by atoms with Crippen molar-refractivity contribution in [2.45, 2.75) is 19.9 Å². The lowest BCUT2D eigenvalue weighted by Crippen LogP contribution is -2.36. The minimum absolute atomic E-state index is 0.122. The van der Waals surface area contributed by atoms with E-state index in [-0.39, 0.29) is 6.04 Å². The van der Waals surface area contributed by atoms with Gasteiger partial charge in [0.05, 0.1) is 41.4 Å². The van der Waals surface area contributed by atoms with E-state index in [0.29, 0.717) is 22.2 Å². The van der Waals surface area contributed by atoms with Gasteiger partial charge in [-0.1, -0.05) is 28.9 Å². The molecule has 156 valence electrons. The zero-order valence-corrected chi connectivity index (χ0v) is 17.8. The zero-order valence-electron chi connectivity index (χ0n) is 17.1. The quantitative estimate of drug-likeness (QED) is 0.557. The van der Waals surface area contributed by atoms with Crippen molar-refractivity contribution in [3.05, 3.63) is 52.9 Å². The van der Waals surface area contributed by atoms with Gasteiger partial charge >= 0.3 is 0 Å². The lowest BCUT2D eigenvalue weighted by atomic mass is 10.1. The van der Waals surface area contributed by atoms with Crippen LogP contribution in [0.15, 0.2) is 45.9 Å². The van der Waals surface area contributed by atoms with E-state index >= 15 is 0 Å². The lowest BCUT2D eigenvalue weighted by Gasteiger charge is -2.28. The van der Waals surface area contributed by atoms with Crippen LogP contribution >= 0.6 is 11.6 Å². The minimum Gasteiger partial charge on any atom is -0.378 e. The van der Waals surface area contributed by atoms with Crippen molar-refractivity contribution in [1.29, 1.82) is 0 Å². The van der Waals surface area contributed by atoms with Gasteiger partial charge in [-0.05, 0) is 38.8 Å². The monoisotopic (exact) mass is 425 g/mol. The topological polar surface area (TPSA) is 75.8 Å². The summed E-state index contributed by atoms with van der Waals surface area (Å²) in [6.45, 7) is 10.8. The molecule has 1 aliphatic heterocycles. The molecule has 7 nitrogen and oxygen atoms in total. The maximum absolute atomic E-state index is 6.59. The summed E-state index contributed by atoms with van der Waals surface area (Å²) in [5, 5.41) is 7.79. The van der Waals surface area contributed by atoms with E-state index in [1.807, 2.05) is 38.1 Å². The molecule has 4 rings (SSSR count). The molecule has 0 bridgehead atoms. The number of nitrogens with zero attached hydrogens (tertiary/aromatic N) is 4. The number of aryl methyl sites for hydroxylation is 1.